The van der Waals surface area contributed by atoms with E-state index in [0.717, 1.165) is 10.1 Å². The molecule has 0 saturated carbocycles. The minimum Gasteiger partial charge on any atom is -0.710 e. The van der Waals surface area contributed by atoms with E-state index in [1.807, 2.05) is 41.3 Å². The van der Waals surface area contributed by atoms with Gasteiger partial charge in [0, 0.05) is 11.5 Å². The molecule has 1 aromatic carbocycles. The molecule has 0 saturated heterocycles. The van der Waals surface area contributed by atoms with Crippen molar-refractivity contribution >= 4 is 16.7 Å². The molecule has 0 N–H and O–H groups in total. The number of hydrogen-bond acceptors (Lipinski definition) is 2. The Kier molecular flexibility index (Phi) is 3.63. The highest BCUT2D eigenvalue weighted by molar-refractivity contribution is 5.76. The summed E-state index contributed by atoms with van der Waals surface area (Å²) in [6, 6.07) is 11.3. The first-order chi connectivity index (χ1) is 8.77. The molecule has 3 heteroatoms. The van der Waals surface area contributed by atoms with Gasteiger partial charge in [-0.1, -0.05) is 43.5 Å². The van der Waals surface area contributed by atoms with Gasteiger partial charge in [0.2, 0.25) is 0 Å². The number of benzene rings is 1. The molecule has 0 bridgehead atoms. The van der Waals surface area contributed by atoms with E-state index in [0.29, 0.717) is 24.4 Å². The smallest absolute Gasteiger partial charge is 0.280 e. The highest BCUT2D eigenvalue weighted by atomic mass is 16.5. The van der Waals surface area contributed by atoms with E-state index in [4.69, 9.17) is 0 Å². The van der Waals surface area contributed by atoms with Gasteiger partial charge in [-0.2, -0.15) is 0 Å². The number of rotatable bonds is 5. The predicted molar refractivity (Wildman–Crippen MR) is 75.5 cm³/mol. The lowest BCUT2D eigenvalue weighted by atomic mass is 10.2. The van der Waals surface area contributed by atoms with Crippen LogP contribution in [0, 0.1) is 5.21 Å². The van der Waals surface area contributed by atoms with Gasteiger partial charge in [0.05, 0.1) is 0 Å². The molecule has 0 aliphatic heterocycles. The van der Waals surface area contributed by atoms with Crippen molar-refractivity contribution in [2.45, 2.75) is 0 Å². The Balaban J connectivity index is 2.52. The molecule has 0 amide bonds. The molecular weight excluding hydrogens is 224 g/mol. The fourth-order valence-electron chi connectivity index (χ4n) is 1.98. The van der Waals surface area contributed by atoms with Crippen LogP contribution in [0.15, 0.2) is 61.7 Å². The summed E-state index contributed by atoms with van der Waals surface area (Å²) in [5.74, 6) is 0.619. The second kappa shape index (κ2) is 5.36. The molecule has 1 heterocycles. The highest BCUT2D eigenvalue weighted by Crippen LogP contribution is 2.15. The lowest BCUT2D eigenvalue weighted by Crippen LogP contribution is -2.39. The van der Waals surface area contributed by atoms with Gasteiger partial charge in [-0.05, 0) is 12.1 Å². The number of hydrogen-bond donors (Lipinski definition) is 0. The lowest BCUT2D eigenvalue weighted by Gasteiger charge is -2.19. The number of fused-ring (bicyclic) bond motifs is 1. The van der Waals surface area contributed by atoms with Crippen LogP contribution in [0.25, 0.3) is 10.9 Å². The fraction of sp³-hybridized carbons (Fsp3) is 0.133. The van der Waals surface area contributed by atoms with Crippen LogP contribution in [0.3, 0.4) is 0 Å². The minimum absolute atomic E-state index is 0.618. The number of nitrogens with zero attached hydrogens (tertiary/aromatic N) is 2. The van der Waals surface area contributed by atoms with Crippen LogP contribution in [-0.2, 0) is 0 Å². The van der Waals surface area contributed by atoms with Gasteiger partial charge in [0.25, 0.3) is 5.82 Å². The molecule has 0 aliphatic carbocycles. The van der Waals surface area contributed by atoms with E-state index in [-0.39, 0.29) is 0 Å². The maximum atomic E-state index is 12.3. The monoisotopic (exact) mass is 240 g/mol. The Labute approximate surface area is 107 Å². The first-order valence-corrected chi connectivity index (χ1v) is 5.86. The van der Waals surface area contributed by atoms with Gasteiger partial charge in [0.1, 0.15) is 18.6 Å². The van der Waals surface area contributed by atoms with Gasteiger partial charge in [-0.3, -0.25) is 4.90 Å². The van der Waals surface area contributed by atoms with Crippen LogP contribution in [0.4, 0.5) is 5.82 Å². The third-order valence-corrected chi connectivity index (χ3v) is 2.80. The summed E-state index contributed by atoms with van der Waals surface area (Å²) in [6.07, 6.45) is 3.55. The Hall–Kier alpha value is -2.29. The summed E-state index contributed by atoms with van der Waals surface area (Å²) in [4.78, 5) is 1.93. The van der Waals surface area contributed by atoms with Crippen LogP contribution < -0.4 is 9.63 Å². The summed E-state index contributed by atoms with van der Waals surface area (Å²) in [5, 5.41) is 13.3. The summed E-state index contributed by atoms with van der Waals surface area (Å²) in [5.41, 5.74) is 0.674. The van der Waals surface area contributed by atoms with Gasteiger partial charge in [-0.25, -0.2) is 4.73 Å². The van der Waals surface area contributed by atoms with E-state index < -0.39 is 0 Å². The molecule has 2 rings (SSSR count). The Morgan fingerprint density at radius 2 is 1.72 bits per heavy atom. The van der Waals surface area contributed by atoms with Crippen molar-refractivity contribution in [3.05, 3.63) is 66.9 Å². The maximum absolute atomic E-state index is 12.3. The Morgan fingerprint density at radius 1 is 1.06 bits per heavy atom. The minimum atomic E-state index is 0.618. The second-order valence-electron chi connectivity index (χ2n) is 4.03. The molecule has 0 atom stereocenters. The van der Waals surface area contributed by atoms with Crippen molar-refractivity contribution in [2.24, 2.45) is 0 Å². The standard InChI is InChI=1S/C15H16N2O/c1-3-11-16(12-4-2)15-10-9-13-7-5-6-8-14(13)17(15)18/h3-10H,1-2,11-12H2. The van der Waals surface area contributed by atoms with Crippen molar-refractivity contribution in [1.29, 1.82) is 0 Å². The third kappa shape index (κ3) is 2.20. The van der Waals surface area contributed by atoms with E-state index >= 15 is 0 Å². The molecule has 0 aliphatic rings. The summed E-state index contributed by atoms with van der Waals surface area (Å²) >= 11 is 0. The Morgan fingerprint density at radius 3 is 2.39 bits per heavy atom. The van der Waals surface area contributed by atoms with Crippen LogP contribution in [0.1, 0.15) is 0 Å². The summed E-state index contributed by atoms with van der Waals surface area (Å²) in [7, 11) is 0. The molecule has 2 aromatic rings. The third-order valence-electron chi connectivity index (χ3n) is 2.80. The number of pyridine rings is 1. The van der Waals surface area contributed by atoms with Gasteiger partial charge in [0.15, 0.2) is 0 Å². The zero-order valence-corrected chi connectivity index (χ0v) is 10.2. The average molecular weight is 240 g/mol. The van der Waals surface area contributed by atoms with E-state index in [9.17, 15) is 5.21 Å². The number of anilines is 1. The fourth-order valence-corrected chi connectivity index (χ4v) is 1.98. The zero-order valence-electron chi connectivity index (χ0n) is 10.2. The van der Waals surface area contributed by atoms with E-state index in [1.165, 1.54) is 0 Å². The van der Waals surface area contributed by atoms with Crippen molar-refractivity contribution in [3.8, 4) is 0 Å². The largest absolute Gasteiger partial charge is 0.710 e. The van der Waals surface area contributed by atoms with Gasteiger partial charge < -0.3 is 5.21 Å². The molecule has 3 nitrogen and oxygen atoms in total. The molecular formula is C15H16N2O. The summed E-state index contributed by atoms with van der Waals surface area (Å²) in [6.45, 7) is 8.66. The highest BCUT2D eigenvalue weighted by Gasteiger charge is 2.15. The number of para-hydroxylation sites is 1. The first kappa shape index (κ1) is 12.2. The van der Waals surface area contributed by atoms with Crippen molar-refractivity contribution in [2.75, 3.05) is 18.0 Å². The quantitative estimate of drug-likeness (QED) is 0.457. The van der Waals surface area contributed by atoms with Crippen LogP contribution in [-0.4, -0.2) is 13.1 Å². The maximum Gasteiger partial charge on any atom is 0.280 e. The van der Waals surface area contributed by atoms with Crippen molar-refractivity contribution in [1.82, 2.24) is 0 Å². The first-order valence-electron chi connectivity index (χ1n) is 5.86. The topological polar surface area (TPSA) is 30.2 Å². The molecule has 1 aromatic heterocycles. The molecule has 0 radical (unpaired) electrons. The van der Waals surface area contributed by atoms with Gasteiger partial charge in [-0.15, -0.1) is 0 Å². The Bertz CT molecular complexity index is 568. The van der Waals surface area contributed by atoms with E-state index in [1.54, 1.807) is 12.2 Å². The van der Waals surface area contributed by atoms with Crippen LogP contribution in [0.2, 0.25) is 0 Å². The van der Waals surface area contributed by atoms with Crippen LogP contribution in [0.5, 0.6) is 0 Å². The average Bonchev–Trinajstić information content (AvgIpc) is 2.39. The van der Waals surface area contributed by atoms with Crippen molar-refractivity contribution < 1.29 is 4.73 Å². The molecule has 0 unspecified atom stereocenters. The van der Waals surface area contributed by atoms with Gasteiger partial charge >= 0.3 is 0 Å². The zero-order chi connectivity index (χ0) is 13.0. The van der Waals surface area contributed by atoms with Crippen molar-refractivity contribution in [3.63, 3.8) is 0 Å². The predicted octanol–water partition coefficient (Wildman–Crippen LogP) is 2.65. The summed E-state index contributed by atoms with van der Waals surface area (Å²) < 4.78 is 0.961. The lowest BCUT2D eigenvalue weighted by molar-refractivity contribution is -0.563. The van der Waals surface area contributed by atoms with E-state index in [2.05, 4.69) is 13.2 Å². The molecule has 0 spiro atoms. The number of aromatic nitrogens is 1. The second-order valence-corrected chi connectivity index (χ2v) is 4.03. The SMILES string of the molecule is C=CCN(CC=C)c1ccc2ccccc2[n+]1[O-]. The molecule has 0 fully saturated rings. The molecule has 92 valence electrons. The normalized spacial score (nSPS) is 10.2. The molecule has 18 heavy (non-hydrogen) atoms. The van der Waals surface area contributed by atoms with Crippen LogP contribution >= 0.6 is 0 Å².